The van der Waals surface area contributed by atoms with Gasteiger partial charge in [0, 0.05) is 16.4 Å². The molecule has 0 aromatic carbocycles. The maximum atomic E-state index is 2.25. The van der Waals surface area contributed by atoms with E-state index in [0.29, 0.717) is 5.92 Å². The van der Waals surface area contributed by atoms with Crippen molar-refractivity contribution in [3.05, 3.63) is 70.3 Å². The second kappa shape index (κ2) is 4.86. The molecule has 2 heterocycles. The number of hydrogen-bond acceptors (Lipinski definition) is 2. The molecule has 0 saturated carbocycles. The molecule has 2 aromatic heterocycles. The van der Waals surface area contributed by atoms with E-state index in [2.05, 4.69) is 64.7 Å². The Kier molecular flexibility index (Phi) is 3.08. The summed E-state index contributed by atoms with van der Waals surface area (Å²) in [5.74, 6) is 0.395. The van der Waals surface area contributed by atoms with Crippen LogP contribution in [0.4, 0.5) is 0 Å². The molecule has 3 rings (SSSR count). The van der Waals surface area contributed by atoms with Gasteiger partial charge in [-0.3, -0.25) is 0 Å². The van der Waals surface area contributed by atoms with Crippen molar-refractivity contribution in [2.24, 2.45) is 0 Å². The Morgan fingerprint density at radius 1 is 0.882 bits per heavy atom. The van der Waals surface area contributed by atoms with Gasteiger partial charge in [0.25, 0.3) is 0 Å². The zero-order valence-electron chi connectivity index (χ0n) is 9.24. The van der Waals surface area contributed by atoms with Crippen LogP contribution >= 0.6 is 22.7 Å². The Bertz CT molecular complexity index is 552. The van der Waals surface area contributed by atoms with Crippen molar-refractivity contribution in [3.8, 4) is 10.4 Å². The SMILES string of the molecule is C1=CC=CC(c2ccsc2-c2ccsc2)C=C1. The van der Waals surface area contributed by atoms with Crippen LogP contribution in [0, 0.1) is 0 Å². The van der Waals surface area contributed by atoms with E-state index in [9.17, 15) is 0 Å². The largest absolute Gasteiger partial charge is 0.152 e. The highest BCUT2D eigenvalue weighted by Crippen LogP contribution is 2.36. The topological polar surface area (TPSA) is 0 Å². The lowest BCUT2D eigenvalue weighted by molar-refractivity contribution is 1.10. The standard InChI is InChI=1S/C15H12S2/c1-2-4-6-12(5-3-1)14-8-10-17-15(14)13-7-9-16-11-13/h1-12H. The van der Waals surface area contributed by atoms with Gasteiger partial charge in [-0.15, -0.1) is 11.3 Å². The van der Waals surface area contributed by atoms with Gasteiger partial charge in [0.05, 0.1) is 0 Å². The Morgan fingerprint density at radius 2 is 1.71 bits per heavy atom. The normalized spacial score (nSPS) is 15.3. The first-order valence-electron chi connectivity index (χ1n) is 5.57. The summed E-state index contributed by atoms with van der Waals surface area (Å²) in [6.07, 6.45) is 12.9. The first-order valence-corrected chi connectivity index (χ1v) is 7.39. The van der Waals surface area contributed by atoms with E-state index in [0.717, 1.165) is 0 Å². The molecule has 0 radical (unpaired) electrons. The van der Waals surface area contributed by atoms with Gasteiger partial charge in [-0.1, -0.05) is 36.5 Å². The van der Waals surface area contributed by atoms with Crippen LogP contribution in [0.5, 0.6) is 0 Å². The van der Waals surface area contributed by atoms with Crippen LogP contribution < -0.4 is 0 Å². The molecule has 0 saturated heterocycles. The Hall–Kier alpha value is -1.38. The summed E-state index contributed by atoms with van der Waals surface area (Å²) >= 11 is 3.58. The van der Waals surface area contributed by atoms with Crippen molar-refractivity contribution in [1.29, 1.82) is 0 Å². The van der Waals surface area contributed by atoms with E-state index in [-0.39, 0.29) is 0 Å². The Balaban J connectivity index is 2.02. The van der Waals surface area contributed by atoms with Crippen LogP contribution in [-0.4, -0.2) is 0 Å². The van der Waals surface area contributed by atoms with Crippen molar-refractivity contribution in [3.63, 3.8) is 0 Å². The molecule has 0 nitrogen and oxygen atoms in total. The molecule has 0 N–H and O–H groups in total. The van der Waals surface area contributed by atoms with Crippen molar-refractivity contribution >= 4 is 22.7 Å². The summed E-state index contributed by atoms with van der Waals surface area (Å²) in [7, 11) is 0. The smallest absolute Gasteiger partial charge is 0.0392 e. The molecule has 84 valence electrons. The van der Waals surface area contributed by atoms with Gasteiger partial charge >= 0.3 is 0 Å². The number of allylic oxidation sites excluding steroid dienone is 6. The summed E-state index contributed by atoms with van der Waals surface area (Å²) in [4.78, 5) is 1.40. The zero-order valence-corrected chi connectivity index (χ0v) is 10.9. The summed E-state index contributed by atoms with van der Waals surface area (Å²) in [6, 6.07) is 4.44. The molecule has 0 spiro atoms. The molecule has 0 bridgehead atoms. The maximum Gasteiger partial charge on any atom is 0.0392 e. The third kappa shape index (κ3) is 2.19. The Labute approximate surface area is 109 Å². The van der Waals surface area contributed by atoms with E-state index in [4.69, 9.17) is 0 Å². The zero-order chi connectivity index (χ0) is 11.5. The quantitative estimate of drug-likeness (QED) is 0.689. The lowest BCUT2D eigenvalue weighted by Gasteiger charge is -2.08. The van der Waals surface area contributed by atoms with Crippen LogP contribution in [0.1, 0.15) is 11.5 Å². The fourth-order valence-corrected chi connectivity index (χ4v) is 3.65. The average molecular weight is 256 g/mol. The van der Waals surface area contributed by atoms with Crippen molar-refractivity contribution in [2.75, 3.05) is 0 Å². The fourth-order valence-electron chi connectivity index (χ4n) is 1.98. The minimum Gasteiger partial charge on any atom is -0.152 e. The Morgan fingerprint density at radius 3 is 2.41 bits per heavy atom. The summed E-state index contributed by atoms with van der Waals surface area (Å²) in [5.41, 5.74) is 2.75. The minimum absolute atomic E-state index is 0.395. The highest BCUT2D eigenvalue weighted by Gasteiger charge is 2.13. The predicted octanol–water partition coefficient (Wildman–Crippen LogP) is 5.24. The highest BCUT2D eigenvalue weighted by atomic mass is 32.1. The van der Waals surface area contributed by atoms with E-state index in [1.807, 2.05) is 11.3 Å². The van der Waals surface area contributed by atoms with Gasteiger partial charge < -0.3 is 0 Å². The van der Waals surface area contributed by atoms with Gasteiger partial charge in [-0.25, -0.2) is 0 Å². The second-order valence-corrected chi connectivity index (χ2v) is 5.59. The molecule has 0 atom stereocenters. The third-order valence-electron chi connectivity index (χ3n) is 2.81. The average Bonchev–Trinajstić information content (AvgIpc) is 2.95. The van der Waals surface area contributed by atoms with Crippen LogP contribution in [0.15, 0.2) is 64.7 Å². The second-order valence-electron chi connectivity index (χ2n) is 3.90. The molecular formula is C15H12S2. The molecule has 0 fully saturated rings. The van der Waals surface area contributed by atoms with Gasteiger partial charge in [-0.2, -0.15) is 11.3 Å². The van der Waals surface area contributed by atoms with Crippen molar-refractivity contribution in [2.45, 2.75) is 5.92 Å². The number of thiophene rings is 2. The minimum atomic E-state index is 0.395. The number of rotatable bonds is 2. The molecule has 17 heavy (non-hydrogen) atoms. The van der Waals surface area contributed by atoms with Crippen LogP contribution in [0.2, 0.25) is 0 Å². The molecular weight excluding hydrogens is 244 g/mol. The summed E-state index contributed by atoms with van der Waals surface area (Å²) < 4.78 is 0. The molecule has 1 aliphatic carbocycles. The van der Waals surface area contributed by atoms with Gasteiger partial charge in [0.2, 0.25) is 0 Å². The van der Waals surface area contributed by atoms with Crippen LogP contribution in [0.25, 0.3) is 10.4 Å². The van der Waals surface area contributed by atoms with E-state index in [1.54, 1.807) is 11.3 Å². The van der Waals surface area contributed by atoms with Gasteiger partial charge in [0.1, 0.15) is 0 Å². The van der Waals surface area contributed by atoms with E-state index in [1.165, 1.54) is 16.0 Å². The number of hydrogen-bond donors (Lipinski definition) is 0. The van der Waals surface area contributed by atoms with Gasteiger partial charge in [0.15, 0.2) is 0 Å². The summed E-state index contributed by atoms with van der Waals surface area (Å²) in [6.45, 7) is 0. The van der Waals surface area contributed by atoms with Crippen LogP contribution in [-0.2, 0) is 0 Å². The van der Waals surface area contributed by atoms with Crippen molar-refractivity contribution < 1.29 is 0 Å². The molecule has 2 heteroatoms. The molecule has 0 aliphatic heterocycles. The predicted molar refractivity (Wildman–Crippen MR) is 77.8 cm³/mol. The lowest BCUT2D eigenvalue weighted by Crippen LogP contribution is -1.90. The van der Waals surface area contributed by atoms with E-state index < -0.39 is 0 Å². The monoisotopic (exact) mass is 256 g/mol. The fraction of sp³-hybridized carbons (Fsp3) is 0.0667. The van der Waals surface area contributed by atoms with Crippen molar-refractivity contribution in [1.82, 2.24) is 0 Å². The lowest BCUT2D eigenvalue weighted by atomic mass is 9.97. The molecule has 0 unspecified atom stereocenters. The molecule has 1 aliphatic rings. The van der Waals surface area contributed by atoms with E-state index >= 15 is 0 Å². The summed E-state index contributed by atoms with van der Waals surface area (Å²) in [5, 5.41) is 6.54. The first kappa shape index (κ1) is 10.8. The molecule has 0 amide bonds. The molecule has 2 aromatic rings. The van der Waals surface area contributed by atoms with Crippen LogP contribution in [0.3, 0.4) is 0 Å². The first-order chi connectivity index (χ1) is 8.45. The highest BCUT2D eigenvalue weighted by molar-refractivity contribution is 7.14. The van der Waals surface area contributed by atoms with Gasteiger partial charge in [-0.05, 0) is 33.8 Å². The maximum absolute atomic E-state index is 2.25. The third-order valence-corrected chi connectivity index (χ3v) is 4.47.